The van der Waals surface area contributed by atoms with Crippen molar-refractivity contribution in [3.05, 3.63) is 97.1 Å². The molecule has 0 aromatic heterocycles. The maximum absolute atomic E-state index is 13.1. The van der Waals surface area contributed by atoms with Crippen molar-refractivity contribution in [2.75, 3.05) is 14.2 Å². The molecule has 0 aliphatic carbocycles. The first-order valence-corrected chi connectivity index (χ1v) is 12.0. The topological polar surface area (TPSA) is 90.9 Å². The molecule has 0 saturated carbocycles. The number of methoxy groups -OCH3 is 2. The lowest BCUT2D eigenvalue weighted by atomic mass is 10.1. The summed E-state index contributed by atoms with van der Waals surface area (Å²) >= 11 is 0. The fourth-order valence-corrected chi connectivity index (χ4v) is 4.48. The summed E-state index contributed by atoms with van der Waals surface area (Å²) in [6.45, 7) is 3.86. The second-order valence-corrected chi connectivity index (χ2v) is 9.09. The Bertz CT molecular complexity index is 1190. The van der Waals surface area contributed by atoms with Crippen LogP contribution in [0.3, 0.4) is 0 Å². The molecule has 0 fully saturated rings. The molecule has 0 amide bonds. The third-order valence-electron chi connectivity index (χ3n) is 5.17. The van der Waals surface area contributed by atoms with E-state index < -0.39 is 28.1 Å². The van der Waals surface area contributed by atoms with E-state index in [0.29, 0.717) is 0 Å². The number of esters is 1. The maximum Gasteiger partial charge on any atom is 0.326 e. The summed E-state index contributed by atoms with van der Waals surface area (Å²) in [5.74, 6) is -0.0522. The van der Waals surface area contributed by atoms with Crippen LogP contribution in [0.4, 0.5) is 0 Å². The number of ether oxygens (including phenoxy) is 3. The first kappa shape index (κ1) is 25.2. The highest BCUT2D eigenvalue weighted by atomic mass is 32.2. The highest BCUT2D eigenvalue weighted by Crippen LogP contribution is 2.24. The number of hydrogen-bond acceptors (Lipinski definition) is 6. The fourth-order valence-electron chi connectivity index (χ4n) is 3.29. The van der Waals surface area contributed by atoms with E-state index in [1.807, 2.05) is 54.6 Å². The van der Waals surface area contributed by atoms with Crippen LogP contribution >= 0.6 is 0 Å². The molecule has 0 aliphatic heterocycles. The van der Waals surface area contributed by atoms with Crippen LogP contribution in [0.2, 0.25) is 0 Å². The highest BCUT2D eigenvalue weighted by molar-refractivity contribution is 7.89. The Morgan fingerprint density at radius 3 is 2.06 bits per heavy atom. The van der Waals surface area contributed by atoms with E-state index in [2.05, 4.69) is 11.3 Å². The van der Waals surface area contributed by atoms with Gasteiger partial charge in [0.05, 0.1) is 25.7 Å². The van der Waals surface area contributed by atoms with Crippen LogP contribution in [0.15, 0.2) is 96.4 Å². The molecule has 7 nitrogen and oxygen atoms in total. The summed E-state index contributed by atoms with van der Waals surface area (Å²) in [6, 6.07) is 21.8. The fraction of sp³-hybridized carbons (Fsp3) is 0.192. The van der Waals surface area contributed by atoms with Crippen LogP contribution in [0, 0.1) is 0 Å². The smallest absolute Gasteiger partial charge is 0.326 e. The Labute approximate surface area is 200 Å². The minimum absolute atomic E-state index is 0.00420. The van der Waals surface area contributed by atoms with Crippen molar-refractivity contribution in [3.63, 3.8) is 0 Å². The van der Waals surface area contributed by atoms with Crippen LogP contribution in [0.1, 0.15) is 5.56 Å². The van der Waals surface area contributed by atoms with Crippen LogP contribution in [0.5, 0.6) is 5.75 Å². The zero-order valence-electron chi connectivity index (χ0n) is 19.0. The van der Waals surface area contributed by atoms with Crippen molar-refractivity contribution in [2.45, 2.75) is 23.6 Å². The van der Waals surface area contributed by atoms with Gasteiger partial charge in [-0.3, -0.25) is 4.79 Å². The summed E-state index contributed by atoms with van der Waals surface area (Å²) < 4.78 is 44.3. The van der Waals surface area contributed by atoms with Gasteiger partial charge in [0.1, 0.15) is 17.9 Å². The molecule has 0 heterocycles. The lowest BCUT2D eigenvalue weighted by Gasteiger charge is -2.24. The van der Waals surface area contributed by atoms with Crippen molar-refractivity contribution >= 4 is 16.0 Å². The zero-order chi connectivity index (χ0) is 24.6. The summed E-state index contributed by atoms with van der Waals surface area (Å²) in [5.41, 5.74) is 2.61. The lowest BCUT2D eigenvalue weighted by Crippen LogP contribution is -2.49. The Morgan fingerprint density at radius 1 is 0.941 bits per heavy atom. The van der Waals surface area contributed by atoms with Gasteiger partial charge in [0, 0.05) is 0 Å². The van der Waals surface area contributed by atoms with Crippen molar-refractivity contribution in [3.8, 4) is 16.9 Å². The SMILES string of the molecule is C=C[C@@H](OCc1ccccc1)C(NS(=O)(=O)c1ccc(-c2ccc(OC)cc2)cc1)C(=O)OC. The second kappa shape index (κ2) is 11.6. The number of carbonyl (C=O) groups excluding carboxylic acids is 1. The molecule has 0 aliphatic rings. The molecule has 3 rings (SSSR count). The van der Waals surface area contributed by atoms with Crippen molar-refractivity contribution < 1.29 is 27.4 Å². The molecule has 34 heavy (non-hydrogen) atoms. The number of benzene rings is 3. The first-order valence-electron chi connectivity index (χ1n) is 10.5. The normalized spacial score (nSPS) is 13.0. The van der Waals surface area contributed by atoms with E-state index in [9.17, 15) is 13.2 Å². The molecule has 0 saturated heterocycles. The van der Waals surface area contributed by atoms with E-state index >= 15 is 0 Å². The molecular formula is C26H27NO6S. The maximum atomic E-state index is 13.1. The average molecular weight is 482 g/mol. The Hall–Kier alpha value is -3.46. The van der Waals surface area contributed by atoms with Gasteiger partial charge in [-0.2, -0.15) is 4.72 Å². The van der Waals surface area contributed by atoms with Gasteiger partial charge in [0.2, 0.25) is 10.0 Å². The van der Waals surface area contributed by atoms with E-state index in [1.165, 1.54) is 25.3 Å². The molecule has 0 radical (unpaired) electrons. The molecule has 178 valence electrons. The molecule has 3 aromatic carbocycles. The van der Waals surface area contributed by atoms with Crippen LogP contribution in [0.25, 0.3) is 11.1 Å². The van der Waals surface area contributed by atoms with Gasteiger partial charge >= 0.3 is 5.97 Å². The average Bonchev–Trinajstić information content (AvgIpc) is 2.88. The van der Waals surface area contributed by atoms with Crippen LogP contribution in [-0.2, 0) is 30.9 Å². The van der Waals surface area contributed by atoms with Gasteiger partial charge in [-0.25, -0.2) is 8.42 Å². The molecule has 3 aromatic rings. The monoisotopic (exact) mass is 481 g/mol. The number of carbonyl (C=O) groups is 1. The Balaban J connectivity index is 1.78. The van der Waals surface area contributed by atoms with Gasteiger partial charge in [-0.1, -0.05) is 60.7 Å². The van der Waals surface area contributed by atoms with Gasteiger partial charge in [-0.15, -0.1) is 6.58 Å². The van der Waals surface area contributed by atoms with E-state index in [4.69, 9.17) is 14.2 Å². The summed E-state index contributed by atoms with van der Waals surface area (Å²) in [5, 5.41) is 0. The number of rotatable bonds is 11. The third kappa shape index (κ3) is 6.32. The molecule has 0 bridgehead atoms. The van der Waals surface area contributed by atoms with E-state index in [-0.39, 0.29) is 11.5 Å². The highest BCUT2D eigenvalue weighted by Gasteiger charge is 2.33. The van der Waals surface area contributed by atoms with Crippen molar-refractivity contribution in [1.29, 1.82) is 0 Å². The minimum Gasteiger partial charge on any atom is -0.497 e. The predicted molar refractivity (Wildman–Crippen MR) is 130 cm³/mol. The lowest BCUT2D eigenvalue weighted by molar-refractivity contribution is -0.146. The molecule has 2 atom stereocenters. The zero-order valence-corrected chi connectivity index (χ0v) is 19.8. The quantitative estimate of drug-likeness (QED) is 0.329. The predicted octanol–water partition coefficient (Wildman–Crippen LogP) is 3.95. The van der Waals surface area contributed by atoms with Crippen molar-refractivity contribution in [2.24, 2.45) is 0 Å². The largest absolute Gasteiger partial charge is 0.497 e. The molecule has 8 heteroatoms. The number of nitrogens with one attached hydrogen (secondary N) is 1. The second-order valence-electron chi connectivity index (χ2n) is 7.37. The van der Waals surface area contributed by atoms with E-state index in [0.717, 1.165) is 22.4 Å². The van der Waals surface area contributed by atoms with Gasteiger partial charge in [0.15, 0.2) is 0 Å². The van der Waals surface area contributed by atoms with E-state index in [1.54, 1.807) is 19.2 Å². The van der Waals surface area contributed by atoms with Gasteiger partial charge in [0.25, 0.3) is 0 Å². The number of hydrogen-bond donors (Lipinski definition) is 1. The van der Waals surface area contributed by atoms with Gasteiger partial charge in [-0.05, 0) is 41.0 Å². The summed E-state index contributed by atoms with van der Waals surface area (Å²) in [4.78, 5) is 12.4. The molecule has 0 spiro atoms. The minimum atomic E-state index is -4.06. The standard InChI is InChI=1S/C26H27NO6S/c1-4-24(33-18-19-8-6-5-7-9-19)25(26(28)32-3)27-34(29,30)23-16-12-21(13-17-23)20-10-14-22(31-2)15-11-20/h4-17,24-25,27H,1,18H2,2-3H3/t24-,25?/m1/s1. The van der Waals surface area contributed by atoms with Crippen LogP contribution < -0.4 is 9.46 Å². The summed E-state index contributed by atoms with van der Waals surface area (Å²) in [7, 11) is -1.29. The summed E-state index contributed by atoms with van der Waals surface area (Å²) in [6.07, 6.45) is 0.431. The Kier molecular flexibility index (Phi) is 8.59. The third-order valence-corrected chi connectivity index (χ3v) is 6.63. The van der Waals surface area contributed by atoms with Crippen molar-refractivity contribution in [1.82, 2.24) is 4.72 Å². The Morgan fingerprint density at radius 2 is 1.53 bits per heavy atom. The molecular weight excluding hydrogens is 454 g/mol. The van der Waals surface area contributed by atoms with Crippen LogP contribution in [-0.4, -0.2) is 40.8 Å². The first-order chi connectivity index (χ1) is 16.4. The molecule has 1 unspecified atom stereocenters. The molecule has 1 N–H and O–H groups in total. The van der Waals surface area contributed by atoms with Gasteiger partial charge < -0.3 is 14.2 Å². The number of sulfonamides is 1.